The van der Waals surface area contributed by atoms with E-state index in [1.165, 1.54) is 11.9 Å². The fraction of sp³-hybridized carbons (Fsp3) is 0.250. The van der Waals surface area contributed by atoms with Gasteiger partial charge in [0.15, 0.2) is 0 Å². The van der Waals surface area contributed by atoms with Crippen LogP contribution in [-0.2, 0) is 32.6 Å². The number of benzene rings is 4. The van der Waals surface area contributed by atoms with E-state index in [0.717, 1.165) is 32.6 Å². The number of sulfonamides is 1. The zero-order valence-electron chi connectivity index (χ0n) is 23.2. The highest BCUT2D eigenvalue weighted by molar-refractivity contribution is 7.89. The van der Waals surface area contributed by atoms with Gasteiger partial charge in [0.1, 0.15) is 6.04 Å². The maximum Gasteiger partial charge on any atom is 0.243 e. The van der Waals surface area contributed by atoms with E-state index in [4.69, 9.17) is 11.6 Å². The Morgan fingerprint density at radius 3 is 2.24 bits per heavy atom. The Balaban J connectivity index is 1.66. The molecule has 4 aromatic carbocycles. The monoisotopic (exact) mass is 591 g/mol. The molecule has 0 aliphatic heterocycles. The van der Waals surface area contributed by atoms with Crippen molar-refractivity contribution in [2.45, 2.75) is 37.2 Å². The lowest BCUT2D eigenvalue weighted by atomic mass is 10.0. The van der Waals surface area contributed by atoms with Crippen LogP contribution in [0.1, 0.15) is 24.5 Å². The van der Waals surface area contributed by atoms with Crippen LogP contribution >= 0.6 is 11.6 Å². The van der Waals surface area contributed by atoms with Gasteiger partial charge in [0, 0.05) is 31.6 Å². The third-order valence-corrected chi connectivity index (χ3v) is 8.88. The van der Waals surface area contributed by atoms with Crippen molar-refractivity contribution in [3.05, 3.63) is 113 Å². The molecular formula is C32H34ClN3O4S. The van der Waals surface area contributed by atoms with Gasteiger partial charge in [-0.25, -0.2) is 8.42 Å². The quantitative estimate of drug-likeness (QED) is 0.243. The van der Waals surface area contributed by atoms with E-state index in [1.54, 1.807) is 36.4 Å². The lowest BCUT2D eigenvalue weighted by Crippen LogP contribution is -2.53. The maximum atomic E-state index is 14.0. The summed E-state index contributed by atoms with van der Waals surface area (Å²) in [6.07, 6.45) is 1.00. The molecule has 4 rings (SSSR count). The first kappa shape index (κ1) is 30.2. The van der Waals surface area contributed by atoms with Crippen molar-refractivity contribution < 1.29 is 18.0 Å². The molecule has 2 amide bonds. The van der Waals surface area contributed by atoms with Crippen LogP contribution in [0, 0.1) is 0 Å². The topological polar surface area (TPSA) is 86.8 Å². The minimum atomic E-state index is -3.99. The van der Waals surface area contributed by atoms with Crippen LogP contribution in [0.5, 0.6) is 0 Å². The highest BCUT2D eigenvalue weighted by Gasteiger charge is 2.33. The van der Waals surface area contributed by atoms with E-state index in [9.17, 15) is 18.0 Å². The van der Waals surface area contributed by atoms with Gasteiger partial charge in [0.2, 0.25) is 21.8 Å². The van der Waals surface area contributed by atoms with Crippen LogP contribution in [0.4, 0.5) is 0 Å². The van der Waals surface area contributed by atoms with Gasteiger partial charge in [-0.1, -0.05) is 91.3 Å². The number of fused-ring (bicyclic) bond motifs is 1. The Labute approximate surface area is 246 Å². The van der Waals surface area contributed by atoms with Gasteiger partial charge in [-0.3, -0.25) is 9.59 Å². The Bertz CT molecular complexity index is 1610. The molecule has 0 saturated carbocycles. The second-order valence-corrected chi connectivity index (χ2v) is 12.4. The maximum absolute atomic E-state index is 14.0. The Morgan fingerprint density at radius 1 is 0.854 bits per heavy atom. The second kappa shape index (κ2) is 13.8. The summed E-state index contributed by atoms with van der Waals surface area (Å²) in [6.45, 7) is 2.05. The van der Waals surface area contributed by atoms with Crippen molar-refractivity contribution in [1.29, 1.82) is 0 Å². The lowest BCUT2D eigenvalue weighted by Gasteiger charge is -2.32. The first-order valence-electron chi connectivity index (χ1n) is 13.5. The zero-order valence-corrected chi connectivity index (χ0v) is 24.7. The summed E-state index contributed by atoms with van der Waals surface area (Å²) in [4.78, 5) is 29.0. The van der Waals surface area contributed by atoms with Crippen molar-refractivity contribution in [2.24, 2.45) is 0 Å². The Hall–Kier alpha value is -3.72. The molecule has 4 aromatic rings. The molecule has 0 saturated heterocycles. The standard InChI is InChI=1S/C32H34ClN3O4S/c1-3-18-34-32(38)30(20-24-10-5-4-6-11-24)36(22-25-12-9-15-28(33)19-25)31(37)23-35(2)41(39,40)29-17-16-26-13-7-8-14-27(26)21-29/h4-17,19,21,30H,3,18,20,22-23H2,1-2H3,(H,34,38)/t30-/m1/s1. The van der Waals surface area contributed by atoms with Crippen LogP contribution in [0.15, 0.2) is 102 Å². The smallest absolute Gasteiger partial charge is 0.243 e. The van der Waals surface area contributed by atoms with Crippen LogP contribution in [0.2, 0.25) is 5.02 Å². The zero-order chi connectivity index (χ0) is 29.4. The molecule has 0 aliphatic rings. The Morgan fingerprint density at radius 2 is 1.54 bits per heavy atom. The van der Waals surface area contributed by atoms with Crippen LogP contribution < -0.4 is 5.32 Å². The van der Waals surface area contributed by atoms with Gasteiger partial charge in [-0.15, -0.1) is 0 Å². The second-order valence-electron chi connectivity index (χ2n) is 9.92. The molecular weight excluding hydrogens is 558 g/mol. The predicted octanol–water partition coefficient (Wildman–Crippen LogP) is 5.28. The predicted molar refractivity (Wildman–Crippen MR) is 163 cm³/mol. The molecule has 0 heterocycles. The van der Waals surface area contributed by atoms with Crippen molar-refractivity contribution in [3.8, 4) is 0 Å². The van der Waals surface area contributed by atoms with Gasteiger partial charge in [0.25, 0.3) is 0 Å². The average molecular weight is 592 g/mol. The number of nitrogens with zero attached hydrogens (tertiary/aromatic N) is 2. The fourth-order valence-electron chi connectivity index (χ4n) is 4.63. The van der Waals surface area contributed by atoms with Crippen molar-refractivity contribution in [1.82, 2.24) is 14.5 Å². The lowest BCUT2D eigenvalue weighted by molar-refractivity contribution is -0.141. The summed E-state index contributed by atoms with van der Waals surface area (Å²) in [5.41, 5.74) is 1.61. The van der Waals surface area contributed by atoms with Crippen LogP contribution in [0.25, 0.3) is 10.8 Å². The number of likely N-dealkylation sites (N-methyl/N-ethyl adjacent to an activating group) is 1. The first-order valence-corrected chi connectivity index (χ1v) is 15.3. The minimum Gasteiger partial charge on any atom is -0.354 e. The number of halogens is 1. The SMILES string of the molecule is CCCNC(=O)[C@@H](Cc1ccccc1)N(Cc1cccc(Cl)c1)C(=O)CN(C)S(=O)(=O)c1ccc2ccccc2c1. The molecule has 1 atom stereocenters. The first-order chi connectivity index (χ1) is 19.7. The number of carbonyl (C=O) groups excluding carboxylic acids is 2. The molecule has 1 N–H and O–H groups in total. The molecule has 214 valence electrons. The van der Waals surface area contributed by atoms with E-state index in [0.29, 0.717) is 11.6 Å². The van der Waals surface area contributed by atoms with Gasteiger partial charge in [-0.2, -0.15) is 4.31 Å². The average Bonchev–Trinajstić information content (AvgIpc) is 2.97. The van der Waals surface area contributed by atoms with E-state index >= 15 is 0 Å². The van der Waals surface area contributed by atoms with Gasteiger partial charge >= 0.3 is 0 Å². The fourth-order valence-corrected chi connectivity index (χ4v) is 6.00. The number of hydrogen-bond acceptors (Lipinski definition) is 4. The molecule has 0 spiro atoms. The summed E-state index contributed by atoms with van der Waals surface area (Å²) < 4.78 is 28.1. The van der Waals surface area contributed by atoms with Gasteiger partial charge in [-0.05, 0) is 52.6 Å². The summed E-state index contributed by atoms with van der Waals surface area (Å²) >= 11 is 6.23. The van der Waals surface area contributed by atoms with Gasteiger partial charge in [0.05, 0.1) is 11.4 Å². The van der Waals surface area contributed by atoms with Gasteiger partial charge < -0.3 is 10.2 Å². The normalized spacial score (nSPS) is 12.3. The van der Waals surface area contributed by atoms with E-state index in [1.807, 2.05) is 67.6 Å². The third kappa shape index (κ3) is 7.73. The molecule has 0 bridgehead atoms. The van der Waals surface area contributed by atoms with E-state index < -0.39 is 28.5 Å². The number of nitrogens with one attached hydrogen (secondary N) is 1. The highest BCUT2D eigenvalue weighted by atomic mass is 35.5. The molecule has 0 radical (unpaired) electrons. The molecule has 7 nitrogen and oxygen atoms in total. The van der Waals surface area contributed by atoms with Crippen molar-refractivity contribution in [3.63, 3.8) is 0 Å². The number of amides is 2. The molecule has 0 fully saturated rings. The van der Waals surface area contributed by atoms with Crippen LogP contribution in [-0.4, -0.2) is 55.6 Å². The van der Waals surface area contributed by atoms with Crippen molar-refractivity contribution in [2.75, 3.05) is 20.1 Å². The summed E-state index contributed by atoms with van der Waals surface area (Å²) in [5.74, 6) is -0.796. The van der Waals surface area contributed by atoms with E-state index in [2.05, 4.69) is 5.32 Å². The third-order valence-electron chi connectivity index (χ3n) is 6.85. The van der Waals surface area contributed by atoms with Crippen molar-refractivity contribution >= 4 is 44.2 Å². The minimum absolute atomic E-state index is 0.0836. The Kier molecular flexibility index (Phi) is 10.2. The molecule has 0 aromatic heterocycles. The number of hydrogen-bond donors (Lipinski definition) is 1. The van der Waals surface area contributed by atoms with E-state index in [-0.39, 0.29) is 23.8 Å². The summed E-state index contributed by atoms with van der Waals surface area (Å²) in [5, 5.41) is 5.12. The number of rotatable bonds is 12. The summed E-state index contributed by atoms with van der Waals surface area (Å²) in [7, 11) is -2.62. The summed E-state index contributed by atoms with van der Waals surface area (Å²) in [6, 6.07) is 28.0. The molecule has 0 aliphatic carbocycles. The van der Waals surface area contributed by atoms with Crippen LogP contribution in [0.3, 0.4) is 0 Å². The number of carbonyl (C=O) groups is 2. The molecule has 0 unspecified atom stereocenters. The largest absolute Gasteiger partial charge is 0.354 e. The molecule has 9 heteroatoms. The highest BCUT2D eigenvalue weighted by Crippen LogP contribution is 2.23. The molecule has 41 heavy (non-hydrogen) atoms.